The van der Waals surface area contributed by atoms with Crippen LogP contribution in [-0.2, 0) is 0 Å². The molecule has 2 atom stereocenters. The molecule has 0 aromatic carbocycles. The van der Waals surface area contributed by atoms with Crippen molar-refractivity contribution in [3.05, 3.63) is 0 Å². The molecule has 0 amide bonds. The molecule has 2 aliphatic rings. The summed E-state index contributed by atoms with van der Waals surface area (Å²) in [6, 6.07) is 0.604. The van der Waals surface area contributed by atoms with E-state index < -0.39 is 0 Å². The van der Waals surface area contributed by atoms with Gasteiger partial charge in [0.2, 0.25) is 0 Å². The lowest BCUT2D eigenvalue weighted by molar-refractivity contribution is 0.101. The Morgan fingerprint density at radius 3 is 2.50 bits per heavy atom. The van der Waals surface area contributed by atoms with Crippen LogP contribution in [0.1, 0.15) is 40.5 Å². The average molecular weight is 211 g/mol. The van der Waals surface area contributed by atoms with Crippen LogP contribution in [0.3, 0.4) is 0 Å². The van der Waals surface area contributed by atoms with Gasteiger partial charge in [0.15, 0.2) is 0 Å². The smallest absolute Gasteiger partial charge is 0.0689 e. The molecule has 1 nitrogen and oxygen atoms in total. The normalized spacial score (nSPS) is 34.4. The lowest BCUT2D eigenvalue weighted by Gasteiger charge is -2.41. The van der Waals surface area contributed by atoms with Gasteiger partial charge in [-0.05, 0) is 30.1 Å². The van der Waals surface area contributed by atoms with E-state index in [9.17, 15) is 0 Å². The van der Waals surface area contributed by atoms with Crippen molar-refractivity contribution in [2.24, 2.45) is 22.2 Å². The molecule has 2 heteroatoms. The van der Waals surface area contributed by atoms with Gasteiger partial charge in [0, 0.05) is 5.25 Å². The third-order valence-corrected chi connectivity index (χ3v) is 5.46. The molecule has 0 aromatic heterocycles. The zero-order valence-corrected chi connectivity index (χ0v) is 10.5. The number of fused-ring (bicyclic) bond motifs is 1. The highest BCUT2D eigenvalue weighted by atomic mass is 32.2. The average Bonchev–Trinajstić information content (AvgIpc) is 2.60. The molecule has 1 fully saturated rings. The predicted molar refractivity (Wildman–Crippen MR) is 65.0 cm³/mol. The van der Waals surface area contributed by atoms with E-state index in [4.69, 9.17) is 4.99 Å². The van der Waals surface area contributed by atoms with Gasteiger partial charge in [-0.3, -0.25) is 4.99 Å². The fraction of sp³-hybridized carbons (Fsp3) is 0.917. The zero-order chi connectivity index (χ0) is 10.3. The van der Waals surface area contributed by atoms with E-state index in [1.807, 2.05) is 11.8 Å². The van der Waals surface area contributed by atoms with E-state index in [0.717, 1.165) is 17.1 Å². The van der Waals surface area contributed by atoms with Crippen molar-refractivity contribution < 1.29 is 0 Å². The lowest BCUT2D eigenvalue weighted by atomic mass is 9.65. The maximum absolute atomic E-state index is 4.73. The summed E-state index contributed by atoms with van der Waals surface area (Å²) in [4.78, 5) is 4.73. The minimum atomic E-state index is 0.477. The van der Waals surface area contributed by atoms with Gasteiger partial charge in [0.05, 0.1) is 11.6 Å². The second-order valence-corrected chi connectivity index (χ2v) is 6.42. The van der Waals surface area contributed by atoms with Crippen LogP contribution in [0.25, 0.3) is 0 Å². The molecule has 0 saturated heterocycles. The molecule has 2 rings (SSSR count). The van der Waals surface area contributed by atoms with Crippen molar-refractivity contribution >= 4 is 17.3 Å². The molecular weight excluding hydrogens is 190 g/mol. The van der Waals surface area contributed by atoms with Gasteiger partial charge in [0.1, 0.15) is 0 Å². The summed E-state index contributed by atoms with van der Waals surface area (Å²) in [7, 11) is 0. The van der Waals surface area contributed by atoms with E-state index >= 15 is 0 Å². The Morgan fingerprint density at radius 1 is 1.29 bits per heavy atom. The summed E-state index contributed by atoms with van der Waals surface area (Å²) in [5.74, 6) is 1.52. The molecule has 80 valence electrons. The second-order valence-electron chi connectivity index (χ2n) is 5.33. The molecular formula is C12H21NS. The molecule has 1 heterocycles. The molecule has 0 bridgehead atoms. The van der Waals surface area contributed by atoms with Crippen molar-refractivity contribution in [1.82, 2.24) is 0 Å². The number of nitrogens with zero attached hydrogens (tertiary/aromatic N) is 1. The van der Waals surface area contributed by atoms with Crippen LogP contribution in [0.4, 0.5) is 0 Å². The molecule has 1 aliphatic carbocycles. The van der Waals surface area contributed by atoms with Crippen LogP contribution in [0, 0.1) is 17.3 Å². The van der Waals surface area contributed by atoms with Crippen molar-refractivity contribution in [1.29, 1.82) is 0 Å². The summed E-state index contributed by atoms with van der Waals surface area (Å²) in [5, 5.41) is 0.791. The van der Waals surface area contributed by atoms with Gasteiger partial charge in [-0.1, -0.05) is 27.7 Å². The third kappa shape index (κ3) is 1.26. The van der Waals surface area contributed by atoms with Crippen LogP contribution >= 0.6 is 11.8 Å². The van der Waals surface area contributed by atoms with Crippen LogP contribution in [0.5, 0.6) is 0 Å². The first-order valence-electron chi connectivity index (χ1n) is 5.76. The van der Waals surface area contributed by atoms with Crippen LogP contribution < -0.4 is 0 Å². The Kier molecular flexibility index (Phi) is 2.67. The van der Waals surface area contributed by atoms with Crippen LogP contribution in [0.2, 0.25) is 0 Å². The first-order valence-corrected chi connectivity index (χ1v) is 6.70. The molecule has 14 heavy (non-hydrogen) atoms. The third-order valence-electron chi connectivity index (χ3n) is 4.37. The van der Waals surface area contributed by atoms with Crippen molar-refractivity contribution in [2.45, 2.75) is 51.8 Å². The summed E-state index contributed by atoms with van der Waals surface area (Å²) >= 11 is 1.96. The first kappa shape index (κ1) is 10.5. The Balaban J connectivity index is 2.31. The first-order chi connectivity index (χ1) is 6.59. The minimum absolute atomic E-state index is 0.477. The van der Waals surface area contributed by atoms with Crippen LogP contribution in [0.15, 0.2) is 4.99 Å². The Bertz CT molecular complexity index is 237. The predicted octanol–water partition coefficient (Wildman–Crippen LogP) is 3.59. The van der Waals surface area contributed by atoms with E-state index in [1.54, 1.807) is 0 Å². The van der Waals surface area contributed by atoms with Gasteiger partial charge in [0.25, 0.3) is 0 Å². The van der Waals surface area contributed by atoms with Gasteiger partial charge in [-0.25, -0.2) is 0 Å². The van der Waals surface area contributed by atoms with E-state index in [1.165, 1.54) is 12.8 Å². The van der Waals surface area contributed by atoms with E-state index in [-0.39, 0.29) is 0 Å². The summed E-state index contributed by atoms with van der Waals surface area (Å²) in [5.41, 5.74) is 2.57. The topological polar surface area (TPSA) is 12.4 Å². The molecule has 0 spiro atoms. The van der Waals surface area contributed by atoms with Crippen molar-refractivity contribution in [3.63, 3.8) is 0 Å². The zero-order valence-electron chi connectivity index (χ0n) is 9.66. The molecule has 0 aromatic rings. The molecule has 1 saturated carbocycles. The highest BCUT2D eigenvalue weighted by molar-refractivity contribution is 8.12. The van der Waals surface area contributed by atoms with Gasteiger partial charge in [-0.15, -0.1) is 11.8 Å². The molecule has 2 unspecified atom stereocenters. The second kappa shape index (κ2) is 3.55. The summed E-state index contributed by atoms with van der Waals surface area (Å²) in [6.45, 7) is 9.50. The molecule has 0 N–H and O–H groups in total. The lowest BCUT2D eigenvalue weighted by Crippen LogP contribution is -2.41. The van der Waals surface area contributed by atoms with E-state index in [2.05, 4.69) is 33.2 Å². The SMILES string of the molecule is CC(C)C1(C(C)C)CCC2SC=NC21. The van der Waals surface area contributed by atoms with Crippen molar-refractivity contribution in [3.8, 4) is 0 Å². The van der Waals surface area contributed by atoms with Crippen molar-refractivity contribution in [2.75, 3.05) is 0 Å². The summed E-state index contributed by atoms with van der Waals surface area (Å²) in [6.07, 6.45) is 2.74. The van der Waals surface area contributed by atoms with Crippen LogP contribution in [-0.4, -0.2) is 16.8 Å². The van der Waals surface area contributed by atoms with E-state index in [0.29, 0.717) is 11.5 Å². The molecule has 0 radical (unpaired) electrons. The Hall–Kier alpha value is 0.0200. The standard InChI is InChI=1S/C12H21NS/c1-8(2)12(9(3)4)6-5-10-11(12)13-7-14-10/h7-11H,5-6H2,1-4H3. The molecule has 1 aliphatic heterocycles. The number of rotatable bonds is 2. The number of thioether (sulfide) groups is 1. The Morgan fingerprint density at radius 2 is 1.93 bits per heavy atom. The number of aliphatic imine (C=N–C) groups is 1. The quantitative estimate of drug-likeness (QED) is 0.680. The summed E-state index contributed by atoms with van der Waals surface area (Å²) < 4.78 is 0. The fourth-order valence-electron chi connectivity index (χ4n) is 3.53. The highest BCUT2D eigenvalue weighted by Gasteiger charge is 2.53. The fourth-order valence-corrected chi connectivity index (χ4v) is 4.61. The largest absolute Gasteiger partial charge is 0.281 e. The maximum Gasteiger partial charge on any atom is 0.0689 e. The Labute approximate surface area is 91.8 Å². The van der Waals surface area contributed by atoms with Gasteiger partial charge >= 0.3 is 0 Å². The number of hydrogen-bond donors (Lipinski definition) is 0. The number of hydrogen-bond acceptors (Lipinski definition) is 2. The maximum atomic E-state index is 4.73. The highest BCUT2D eigenvalue weighted by Crippen LogP contribution is 2.55. The van der Waals surface area contributed by atoms with Gasteiger partial charge < -0.3 is 0 Å². The monoisotopic (exact) mass is 211 g/mol. The van der Waals surface area contributed by atoms with Gasteiger partial charge in [-0.2, -0.15) is 0 Å². The minimum Gasteiger partial charge on any atom is -0.281 e.